The molecule has 0 heterocycles. The molecule has 0 unspecified atom stereocenters. The summed E-state index contributed by atoms with van der Waals surface area (Å²) in [5, 5.41) is 1.61. The molecule has 0 saturated carbocycles. The molecule has 0 aromatic heterocycles. The summed E-state index contributed by atoms with van der Waals surface area (Å²) in [4.78, 5) is 12.3. The maximum atomic E-state index is 12.3. The van der Waals surface area contributed by atoms with E-state index in [-0.39, 0.29) is 0 Å². The molecule has 3 rings (SSSR count). The number of benzene rings is 3. The lowest BCUT2D eigenvalue weighted by Gasteiger charge is -2.14. The van der Waals surface area contributed by atoms with E-state index in [1.54, 1.807) is 44.6 Å². The van der Waals surface area contributed by atoms with E-state index in [0.717, 1.165) is 10.8 Å². The van der Waals surface area contributed by atoms with E-state index < -0.39 is 5.97 Å². The third-order valence-corrected chi connectivity index (χ3v) is 3.56. The summed E-state index contributed by atoms with van der Waals surface area (Å²) in [5.41, 5.74) is 0.492. The second-order valence-corrected chi connectivity index (χ2v) is 4.91. The monoisotopic (exact) mass is 308 g/mol. The molecule has 0 aliphatic carbocycles. The first kappa shape index (κ1) is 14.9. The summed E-state index contributed by atoms with van der Waals surface area (Å²) >= 11 is 0. The van der Waals surface area contributed by atoms with Crippen LogP contribution in [0.4, 0.5) is 0 Å². The van der Waals surface area contributed by atoms with E-state index in [2.05, 4.69) is 0 Å². The van der Waals surface area contributed by atoms with Gasteiger partial charge in [-0.25, -0.2) is 4.79 Å². The Hall–Kier alpha value is -3.01. The number of ether oxygens (including phenoxy) is 3. The van der Waals surface area contributed by atoms with Crippen molar-refractivity contribution in [3.8, 4) is 17.2 Å². The van der Waals surface area contributed by atoms with Crippen LogP contribution >= 0.6 is 0 Å². The van der Waals surface area contributed by atoms with Gasteiger partial charge in [-0.3, -0.25) is 0 Å². The third kappa shape index (κ3) is 2.83. The molecule has 0 saturated heterocycles. The summed E-state index contributed by atoms with van der Waals surface area (Å²) in [6.45, 7) is 0. The molecule has 0 bridgehead atoms. The molecule has 3 aromatic carbocycles. The maximum Gasteiger partial charge on any atom is 0.343 e. The average molecular weight is 308 g/mol. The second kappa shape index (κ2) is 6.40. The van der Waals surface area contributed by atoms with E-state index in [1.807, 2.05) is 30.3 Å². The molecular formula is C19H16O4. The minimum atomic E-state index is -0.414. The Morgan fingerprint density at radius 2 is 1.43 bits per heavy atom. The lowest BCUT2D eigenvalue weighted by atomic mass is 10.1. The quantitative estimate of drug-likeness (QED) is 0.538. The number of rotatable bonds is 4. The zero-order valence-corrected chi connectivity index (χ0v) is 12.9. The van der Waals surface area contributed by atoms with Crippen molar-refractivity contribution < 1.29 is 19.0 Å². The van der Waals surface area contributed by atoms with Gasteiger partial charge in [0.2, 0.25) is 0 Å². The van der Waals surface area contributed by atoms with Gasteiger partial charge in [-0.15, -0.1) is 0 Å². The highest BCUT2D eigenvalue weighted by Gasteiger charge is 2.17. The molecule has 4 heteroatoms. The fraction of sp³-hybridized carbons (Fsp3) is 0.105. The van der Waals surface area contributed by atoms with Gasteiger partial charge in [0.15, 0.2) is 11.5 Å². The van der Waals surface area contributed by atoms with Crippen LogP contribution in [0.1, 0.15) is 10.4 Å². The number of carbonyl (C=O) groups excluding carboxylic acids is 1. The van der Waals surface area contributed by atoms with Gasteiger partial charge in [-0.1, -0.05) is 42.5 Å². The topological polar surface area (TPSA) is 44.8 Å². The number of esters is 1. The smallest absolute Gasteiger partial charge is 0.343 e. The molecule has 0 N–H and O–H groups in total. The molecular weight excluding hydrogens is 292 g/mol. The number of hydrogen-bond acceptors (Lipinski definition) is 4. The Balaban J connectivity index is 2.09. The van der Waals surface area contributed by atoms with Gasteiger partial charge >= 0.3 is 5.97 Å². The highest BCUT2D eigenvalue weighted by Crippen LogP contribution is 2.41. The lowest BCUT2D eigenvalue weighted by molar-refractivity contribution is 0.0736. The van der Waals surface area contributed by atoms with Crippen molar-refractivity contribution >= 4 is 16.7 Å². The van der Waals surface area contributed by atoms with Crippen molar-refractivity contribution in [2.75, 3.05) is 14.2 Å². The third-order valence-electron chi connectivity index (χ3n) is 3.56. The van der Waals surface area contributed by atoms with E-state index in [1.165, 1.54) is 0 Å². The van der Waals surface area contributed by atoms with Crippen molar-refractivity contribution in [3.05, 3.63) is 66.2 Å². The van der Waals surface area contributed by atoms with Crippen LogP contribution in [0.5, 0.6) is 17.2 Å². The Morgan fingerprint density at radius 1 is 0.783 bits per heavy atom. The predicted octanol–water partition coefficient (Wildman–Crippen LogP) is 4.08. The van der Waals surface area contributed by atoms with Gasteiger partial charge in [0.05, 0.1) is 19.8 Å². The summed E-state index contributed by atoms with van der Waals surface area (Å²) in [7, 11) is 3.13. The highest BCUT2D eigenvalue weighted by molar-refractivity contribution is 5.99. The fourth-order valence-electron chi connectivity index (χ4n) is 2.47. The first-order valence-corrected chi connectivity index (χ1v) is 7.15. The van der Waals surface area contributed by atoms with Crippen LogP contribution < -0.4 is 14.2 Å². The first-order chi connectivity index (χ1) is 11.2. The van der Waals surface area contributed by atoms with Crippen molar-refractivity contribution in [2.24, 2.45) is 0 Å². The summed E-state index contributed by atoms with van der Waals surface area (Å²) in [5.74, 6) is 1.15. The Bertz CT molecular complexity index is 841. The number of carbonyl (C=O) groups is 1. The minimum absolute atomic E-state index is 0.414. The maximum absolute atomic E-state index is 12.3. The van der Waals surface area contributed by atoms with E-state index >= 15 is 0 Å². The van der Waals surface area contributed by atoms with Gasteiger partial charge in [0.1, 0.15) is 5.75 Å². The van der Waals surface area contributed by atoms with Crippen molar-refractivity contribution in [1.29, 1.82) is 0 Å². The van der Waals surface area contributed by atoms with Crippen LogP contribution in [0, 0.1) is 0 Å². The zero-order valence-electron chi connectivity index (χ0n) is 12.9. The van der Waals surface area contributed by atoms with Crippen molar-refractivity contribution in [1.82, 2.24) is 0 Å². The summed E-state index contributed by atoms with van der Waals surface area (Å²) < 4.78 is 16.4. The van der Waals surface area contributed by atoms with Crippen molar-refractivity contribution in [3.63, 3.8) is 0 Å². The van der Waals surface area contributed by atoms with Crippen LogP contribution in [0.15, 0.2) is 60.7 Å². The van der Waals surface area contributed by atoms with E-state index in [0.29, 0.717) is 22.8 Å². The Morgan fingerprint density at radius 3 is 2.09 bits per heavy atom. The molecule has 0 aliphatic rings. The Kier molecular flexibility index (Phi) is 4.15. The van der Waals surface area contributed by atoms with E-state index in [9.17, 15) is 4.79 Å². The van der Waals surface area contributed by atoms with Gasteiger partial charge < -0.3 is 14.2 Å². The number of fused-ring (bicyclic) bond motifs is 1. The van der Waals surface area contributed by atoms with Crippen LogP contribution in [0.2, 0.25) is 0 Å². The normalized spacial score (nSPS) is 10.3. The summed E-state index contributed by atoms with van der Waals surface area (Å²) in [6.07, 6.45) is 0. The molecule has 0 fully saturated rings. The fourth-order valence-corrected chi connectivity index (χ4v) is 2.47. The van der Waals surface area contributed by atoms with E-state index in [4.69, 9.17) is 14.2 Å². The molecule has 0 radical (unpaired) electrons. The molecule has 0 atom stereocenters. The zero-order chi connectivity index (χ0) is 16.2. The van der Waals surface area contributed by atoms with Gasteiger partial charge in [-0.05, 0) is 12.1 Å². The highest BCUT2D eigenvalue weighted by atomic mass is 16.5. The van der Waals surface area contributed by atoms with Crippen LogP contribution in [0.3, 0.4) is 0 Å². The lowest BCUT2D eigenvalue weighted by Crippen LogP contribution is -2.08. The van der Waals surface area contributed by atoms with Gasteiger partial charge in [-0.2, -0.15) is 0 Å². The van der Waals surface area contributed by atoms with Gasteiger partial charge in [0.25, 0.3) is 0 Å². The van der Waals surface area contributed by atoms with Crippen molar-refractivity contribution in [2.45, 2.75) is 0 Å². The molecule has 0 spiro atoms. The molecule has 0 amide bonds. The molecule has 4 nitrogen and oxygen atoms in total. The van der Waals surface area contributed by atoms with Crippen LogP contribution in [-0.2, 0) is 0 Å². The Labute approximate surface area is 134 Å². The standard InChI is InChI=1S/C19H16O4/c1-21-17-12-16(23-19(20)13-8-4-3-5-9-13)14-10-6-7-11-15(14)18(17)22-2/h3-12H,1-2H3. The van der Waals surface area contributed by atoms with Gasteiger partial charge in [0, 0.05) is 16.8 Å². The number of methoxy groups -OCH3 is 2. The molecule has 3 aromatic rings. The van der Waals surface area contributed by atoms with Crippen LogP contribution in [-0.4, -0.2) is 20.2 Å². The second-order valence-electron chi connectivity index (χ2n) is 4.91. The largest absolute Gasteiger partial charge is 0.493 e. The SMILES string of the molecule is COc1cc(OC(=O)c2ccccc2)c2ccccc2c1OC. The summed E-state index contributed by atoms with van der Waals surface area (Å²) in [6, 6.07) is 18.1. The number of hydrogen-bond donors (Lipinski definition) is 0. The molecule has 116 valence electrons. The minimum Gasteiger partial charge on any atom is -0.493 e. The molecule has 0 aliphatic heterocycles. The first-order valence-electron chi connectivity index (χ1n) is 7.15. The predicted molar refractivity (Wildman–Crippen MR) is 88.5 cm³/mol. The van der Waals surface area contributed by atoms with Crippen LogP contribution in [0.25, 0.3) is 10.8 Å². The average Bonchev–Trinajstić information content (AvgIpc) is 2.62. The molecule has 23 heavy (non-hydrogen) atoms.